The fourth-order valence-corrected chi connectivity index (χ4v) is 4.79. The Labute approximate surface area is 198 Å². The summed E-state index contributed by atoms with van der Waals surface area (Å²) in [6.07, 6.45) is 1.76. The van der Waals surface area contributed by atoms with Gasteiger partial charge in [0.25, 0.3) is 0 Å². The Bertz CT molecular complexity index is 1070. The molecule has 2 heterocycles. The van der Waals surface area contributed by atoms with Gasteiger partial charge in [0.15, 0.2) is 5.82 Å². The van der Waals surface area contributed by atoms with Gasteiger partial charge in [-0.2, -0.15) is 0 Å². The molecule has 0 saturated carbocycles. The average molecular weight is 468 g/mol. The second-order valence-corrected chi connectivity index (χ2v) is 8.69. The molecular weight excluding hydrogens is 438 g/mol. The summed E-state index contributed by atoms with van der Waals surface area (Å²) in [6, 6.07) is 15.0. The summed E-state index contributed by atoms with van der Waals surface area (Å²) in [6.45, 7) is 7.20. The molecule has 1 aromatic heterocycles. The van der Waals surface area contributed by atoms with Crippen molar-refractivity contribution in [1.29, 1.82) is 0 Å². The van der Waals surface area contributed by atoms with E-state index in [1.54, 1.807) is 0 Å². The summed E-state index contributed by atoms with van der Waals surface area (Å²) < 4.78 is 13.0. The third kappa shape index (κ3) is 5.24. The number of aryl methyl sites for hydroxylation is 1. The average Bonchev–Trinajstić information content (AvgIpc) is 3.22. The van der Waals surface area contributed by atoms with Gasteiger partial charge in [0.05, 0.1) is 19.3 Å². The van der Waals surface area contributed by atoms with E-state index in [4.69, 9.17) is 9.47 Å². The number of thioether (sulfide) groups is 1. The van der Waals surface area contributed by atoms with Gasteiger partial charge in [-0.3, -0.25) is 4.79 Å². The molecule has 0 aliphatic carbocycles. The van der Waals surface area contributed by atoms with Crippen LogP contribution in [0, 0.1) is 0 Å². The molecule has 2 aromatic carbocycles. The molecule has 0 unspecified atom stereocenters. The summed E-state index contributed by atoms with van der Waals surface area (Å²) in [7, 11) is 0. The molecular formula is C24H29N5O3S. The zero-order valence-corrected chi connectivity index (χ0v) is 19.9. The summed E-state index contributed by atoms with van der Waals surface area (Å²) >= 11 is 1.42. The maximum Gasteiger partial charge on any atom is 0.240 e. The van der Waals surface area contributed by atoms with Crippen LogP contribution < -0.4 is 20.2 Å². The third-order valence-corrected chi connectivity index (χ3v) is 6.43. The molecule has 0 saturated heterocycles. The van der Waals surface area contributed by atoms with E-state index >= 15 is 0 Å². The van der Waals surface area contributed by atoms with Crippen molar-refractivity contribution in [3.05, 3.63) is 59.9 Å². The largest absolute Gasteiger partial charge is 0.494 e. The lowest BCUT2D eigenvalue weighted by molar-refractivity contribution is -0.116. The Hall–Kier alpha value is -3.20. The molecule has 0 spiro atoms. The highest BCUT2D eigenvalue weighted by atomic mass is 32.2. The Morgan fingerprint density at radius 3 is 2.24 bits per heavy atom. The number of hydrogen-bond donors (Lipinski definition) is 2. The van der Waals surface area contributed by atoms with Gasteiger partial charge in [-0.25, -0.2) is 4.68 Å². The van der Waals surface area contributed by atoms with Crippen LogP contribution in [0.4, 0.5) is 5.69 Å². The Morgan fingerprint density at radius 2 is 1.64 bits per heavy atom. The SMILES string of the molecule is CCCc1nnc2n1N[C@@H](c1ccc(OCC)cc1)[C@H](C(=O)Nc1ccc(OCC)cc1)S2. The van der Waals surface area contributed by atoms with Gasteiger partial charge in [-0.05, 0) is 62.2 Å². The van der Waals surface area contributed by atoms with E-state index in [2.05, 4.69) is 27.9 Å². The van der Waals surface area contributed by atoms with Gasteiger partial charge < -0.3 is 20.2 Å². The lowest BCUT2D eigenvalue weighted by atomic mass is 10.0. The fraction of sp³-hybridized carbons (Fsp3) is 0.375. The van der Waals surface area contributed by atoms with E-state index in [0.717, 1.165) is 35.7 Å². The normalized spacial score (nSPS) is 17.1. The molecule has 1 amide bonds. The van der Waals surface area contributed by atoms with Crippen LogP contribution in [0.15, 0.2) is 53.7 Å². The maximum atomic E-state index is 13.4. The van der Waals surface area contributed by atoms with Crippen molar-refractivity contribution in [3.8, 4) is 11.5 Å². The summed E-state index contributed by atoms with van der Waals surface area (Å²) in [5, 5.41) is 11.9. The Balaban J connectivity index is 1.60. The highest BCUT2D eigenvalue weighted by Crippen LogP contribution is 2.38. The summed E-state index contributed by atoms with van der Waals surface area (Å²) in [5.74, 6) is 2.33. The number of carbonyl (C=O) groups is 1. The van der Waals surface area contributed by atoms with E-state index < -0.39 is 5.25 Å². The number of hydrogen-bond acceptors (Lipinski definition) is 7. The first-order valence-corrected chi connectivity index (χ1v) is 12.1. The number of amides is 1. The third-order valence-electron chi connectivity index (χ3n) is 5.22. The molecule has 2 atom stereocenters. The minimum absolute atomic E-state index is 0.109. The molecule has 33 heavy (non-hydrogen) atoms. The van der Waals surface area contributed by atoms with Crippen molar-refractivity contribution in [2.75, 3.05) is 24.0 Å². The Morgan fingerprint density at radius 1 is 1.00 bits per heavy atom. The number of aromatic nitrogens is 3. The minimum Gasteiger partial charge on any atom is -0.494 e. The van der Waals surface area contributed by atoms with E-state index in [1.165, 1.54) is 11.8 Å². The number of benzene rings is 2. The van der Waals surface area contributed by atoms with Crippen LogP contribution >= 0.6 is 11.8 Å². The zero-order chi connectivity index (χ0) is 23.2. The zero-order valence-electron chi connectivity index (χ0n) is 19.1. The highest BCUT2D eigenvalue weighted by molar-refractivity contribution is 8.00. The highest BCUT2D eigenvalue weighted by Gasteiger charge is 2.37. The number of ether oxygens (including phenoxy) is 2. The van der Waals surface area contributed by atoms with Crippen molar-refractivity contribution in [3.63, 3.8) is 0 Å². The van der Waals surface area contributed by atoms with Gasteiger partial charge in [0.1, 0.15) is 16.7 Å². The quantitative estimate of drug-likeness (QED) is 0.481. The molecule has 4 rings (SSSR count). The first kappa shape index (κ1) is 23.0. The van der Waals surface area contributed by atoms with Crippen LogP contribution in [0.1, 0.15) is 44.6 Å². The number of fused-ring (bicyclic) bond motifs is 1. The van der Waals surface area contributed by atoms with Gasteiger partial charge >= 0.3 is 0 Å². The van der Waals surface area contributed by atoms with Crippen LogP contribution in [0.2, 0.25) is 0 Å². The second kappa shape index (κ2) is 10.6. The second-order valence-electron chi connectivity index (χ2n) is 7.58. The van der Waals surface area contributed by atoms with E-state index in [0.29, 0.717) is 24.1 Å². The van der Waals surface area contributed by atoms with E-state index in [1.807, 2.05) is 67.1 Å². The lowest BCUT2D eigenvalue weighted by Crippen LogP contribution is -2.41. The molecule has 1 aliphatic rings. The predicted molar refractivity (Wildman–Crippen MR) is 130 cm³/mol. The molecule has 0 bridgehead atoms. The van der Waals surface area contributed by atoms with E-state index in [9.17, 15) is 4.79 Å². The van der Waals surface area contributed by atoms with Crippen molar-refractivity contribution >= 4 is 23.4 Å². The van der Waals surface area contributed by atoms with Crippen molar-refractivity contribution in [2.24, 2.45) is 0 Å². The molecule has 174 valence electrons. The maximum absolute atomic E-state index is 13.4. The van der Waals surface area contributed by atoms with Crippen LogP contribution in [0.3, 0.4) is 0 Å². The first-order valence-electron chi connectivity index (χ1n) is 11.3. The predicted octanol–water partition coefficient (Wildman–Crippen LogP) is 4.43. The van der Waals surface area contributed by atoms with Crippen LogP contribution in [-0.4, -0.2) is 39.2 Å². The standard InChI is InChI=1S/C24H29N5O3S/c1-4-7-20-26-27-24-29(20)28-21(16-8-12-18(13-9-16)31-5-2)22(33-24)23(30)25-17-10-14-19(15-11-17)32-6-3/h8-15,21-22,28H,4-7H2,1-3H3,(H,25,30)/t21-,22+/m0/s1. The van der Waals surface area contributed by atoms with Gasteiger partial charge in [0.2, 0.25) is 11.1 Å². The summed E-state index contributed by atoms with van der Waals surface area (Å²) in [5.41, 5.74) is 5.19. The Kier molecular flexibility index (Phi) is 7.39. The molecule has 9 heteroatoms. The van der Waals surface area contributed by atoms with Crippen LogP contribution in [0.25, 0.3) is 0 Å². The van der Waals surface area contributed by atoms with Crippen molar-refractivity contribution in [2.45, 2.75) is 50.1 Å². The van der Waals surface area contributed by atoms with Crippen LogP contribution in [-0.2, 0) is 11.2 Å². The molecule has 0 fully saturated rings. The number of nitrogens with zero attached hydrogens (tertiary/aromatic N) is 3. The van der Waals surface area contributed by atoms with Crippen molar-refractivity contribution in [1.82, 2.24) is 14.9 Å². The van der Waals surface area contributed by atoms with Crippen molar-refractivity contribution < 1.29 is 14.3 Å². The van der Waals surface area contributed by atoms with Gasteiger partial charge in [0, 0.05) is 12.1 Å². The van der Waals surface area contributed by atoms with Gasteiger partial charge in [-0.15, -0.1) is 10.2 Å². The summed E-state index contributed by atoms with van der Waals surface area (Å²) in [4.78, 5) is 13.4. The number of carbonyl (C=O) groups excluding carboxylic acids is 1. The monoisotopic (exact) mass is 467 g/mol. The molecule has 8 nitrogen and oxygen atoms in total. The number of nitrogens with one attached hydrogen (secondary N) is 2. The number of anilines is 1. The lowest BCUT2D eigenvalue weighted by Gasteiger charge is -2.33. The smallest absolute Gasteiger partial charge is 0.240 e. The van der Waals surface area contributed by atoms with Crippen LogP contribution in [0.5, 0.6) is 11.5 Å². The molecule has 3 aromatic rings. The van der Waals surface area contributed by atoms with Gasteiger partial charge in [-0.1, -0.05) is 30.8 Å². The molecule has 0 radical (unpaired) electrons. The fourth-order valence-electron chi connectivity index (χ4n) is 3.69. The molecule has 1 aliphatic heterocycles. The van der Waals surface area contributed by atoms with E-state index in [-0.39, 0.29) is 11.9 Å². The number of rotatable bonds is 9. The first-order chi connectivity index (χ1) is 16.1. The topological polar surface area (TPSA) is 90.3 Å². The molecule has 2 N–H and O–H groups in total. The minimum atomic E-state index is -0.444.